The van der Waals surface area contributed by atoms with Gasteiger partial charge in [0, 0.05) is 13.0 Å². The lowest BCUT2D eigenvalue weighted by molar-refractivity contribution is -0.120. The first-order valence-corrected chi connectivity index (χ1v) is 6.50. The van der Waals surface area contributed by atoms with Crippen molar-refractivity contribution in [2.24, 2.45) is 0 Å². The van der Waals surface area contributed by atoms with Gasteiger partial charge < -0.3 is 5.32 Å². The monoisotopic (exact) mass is 175 g/mol. The third-order valence-electron chi connectivity index (χ3n) is 1.38. The van der Waals surface area contributed by atoms with Crippen LogP contribution >= 0.6 is 7.92 Å². The number of carbonyl (C=O) groups excluding carboxylic acids is 1. The summed E-state index contributed by atoms with van der Waals surface area (Å²) in [6, 6.07) is 0. The van der Waals surface area contributed by atoms with Gasteiger partial charge in [-0.15, -0.1) is 7.92 Å². The molecule has 0 aliphatic heterocycles. The molecule has 0 saturated carbocycles. The van der Waals surface area contributed by atoms with E-state index in [0.717, 1.165) is 13.0 Å². The average Bonchev–Trinajstić information content (AvgIpc) is 1.87. The van der Waals surface area contributed by atoms with Gasteiger partial charge in [0.1, 0.15) is 0 Å². The van der Waals surface area contributed by atoms with Crippen LogP contribution in [0.3, 0.4) is 0 Å². The zero-order valence-corrected chi connectivity index (χ0v) is 8.58. The zero-order valence-electron chi connectivity index (χ0n) is 7.68. The molecule has 11 heavy (non-hydrogen) atoms. The second-order valence-electron chi connectivity index (χ2n) is 2.86. The number of hydrogen-bond acceptors (Lipinski definition) is 1. The summed E-state index contributed by atoms with van der Waals surface area (Å²) in [5.41, 5.74) is 0. The Balaban J connectivity index is 3.17. The summed E-state index contributed by atoms with van der Waals surface area (Å²) < 4.78 is 0. The maximum Gasteiger partial charge on any atom is 0.219 e. The smallest absolute Gasteiger partial charge is 0.219 e. The van der Waals surface area contributed by atoms with Crippen LogP contribution in [0.4, 0.5) is 0 Å². The van der Waals surface area contributed by atoms with Crippen molar-refractivity contribution in [3.8, 4) is 0 Å². The van der Waals surface area contributed by atoms with Gasteiger partial charge in [-0.05, 0) is 32.8 Å². The molecule has 0 aliphatic rings. The van der Waals surface area contributed by atoms with E-state index < -0.39 is 0 Å². The van der Waals surface area contributed by atoms with Crippen LogP contribution in [0.25, 0.3) is 0 Å². The molecule has 0 spiro atoms. The molecule has 0 saturated heterocycles. The summed E-state index contributed by atoms with van der Waals surface area (Å²) in [5.74, 6) is 0.198. The molecule has 0 unspecified atom stereocenters. The van der Waals surface area contributed by atoms with Gasteiger partial charge in [0.05, 0.1) is 0 Å². The second kappa shape index (κ2) is 6.60. The Kier molecular flexibility index (Phi) is 6.54. The third-order valence-corrected chi connectivity index (χ3v) is 2.59. The van der Waals surface area contributed by atoms with E-state index in [9.17, 15) is 4.79 Å². The fraction of sp³-hybridized carbons (Fsp3) is 0.875. The molecule has 0 aromatic heterocycles. The molecule has 0 fully saturated rings. The number of nitrogens with one attached hydrogen (secondary N) is 1. The molecule has 2 nitrogen and oxygen atoms in total. The molecule has 1 N–H and O–H groups in total. The fourth-order valence-corrected chi connectivity index (χ4v) is 1.63. The van der Waals surface area contributed by atoms with Crippen molar-refractivity contribution >= 4 is 13.8 Å². The molecule has 0 aliphatic carbocycles. The van der Waals surface area contributed by atoms with Gasteiger partial charge in [0.2, 0.25) is 5.91 Å². The Morgan fingerprint density at radius 3 is 2.55 bits per heavy atom. The molecule has 3 heteroatoms. The zero-order chi connectivity index (χ0) is 8.69. The maximum atomic E-state index is 10.9. The SMILES string of the molecule is CCNC(=O)CCCP(C)C. The average molecular weight is 175 g/mol. The predicted octanol–water partition coefficient (Wildman–Crippen LogP) is 1.64. The Morgan fingerprint density at radius 1 is 1.45 bits per heavy atom. The van der Waals surface area contributed by atoms with Gasteiger partial charge in [-0.1, -0.05) is 0 Å². The third kappa shape index (κ3) is 7.80. The highest BCUT2D eigenvalue weighted by molar-refractivity contribution is 7.55. The Bertz CT molecular complexity index is 115. The summed E-state index contributed by atoms with van der Waals surface area (Å²) in [6.45, 7) is 7.19. The largest absolute Gasteiger partial charge is 0.356 e. The van der Waals surface area contributed by atoms with Crippen molar-refractivity contribution in [1.82, 2.24) is 5.32 Å². The van der Waals surface area contributed by atoms with Crippen molar-refractivity contribution in [3.63, 3.8) is 0 Å². The van der Waals surface area contributed by atoms with Gasteiger partial charge in [-0.25, -0.2) is 0 Å². The van der Waals surface area contributed by atoms with Crippen LogP contribution in [0.2, 0.25) is 0 Å². The topological polar surface area (TPSA) is 29.1 Å². The van der Waals surface area contributed by atoms with Gasteiger partial charge in [-0.2, -0.15) is 0 Å². The van der Waals surface area contributed by atoms with Crippen molar-refractivity contribution in [2.45, 2.75) is 19.8 Å². The predicted molar refractivity (Wildman–Crippen MR) is 51.6 cm³/mol. The van der Waals surface area contributed by atoms with E-state index in [0.29, 0.717) is 6.42 Å². The summed E-state index contributed by atoms with van der Waals surface area (Å²) in [5, 5.41) is 2.79. The lowest BCUT2D eigenvalue weighted by atomic mass is 10.3. The van der Waals surface area contributed by atoms with Crippen LogP contribution in [-0.2, 0) is 4.79 Å². The first-order chi connectivity index (χ1) is 5.16. The van der Waals surface area contributed by atoms with Crippen molar-refractivity contribution < 1.29 is 4.79 Å². The molecule has 0 bridgehead atoms. The fourth-order valence-electron chi connectivity index (χ4n) is 0.841. The number of amides is 1. The maximum absolute atomic E-state index is 10.9. The lowest BCUT2D eigenvalue weighted by Gasteiger charge is -2.04. The van der Waals surface area contributed by atoms with E-state index in [-0.39, 0.29) is 13.8 Å². The van der Waals surface area contributed by atoms with E-state index in [4.69, 9.17) is 0 Å². The Hall–Kier alpha value is -0.100. The molecule has 0 aromatic carbocycles. The number of hydrogen-bond donors (Lipinski definition) is 1. The van der Waals surface area contributed by atoms with E-state index in [1.54, 1.807) is 0 Å². The molecule has 0 aromatic rings. The van der Waals surface area contributed by atoms with Gasteiger partial charge in [-0.3, -0.25) is 4.79 Å². The quantitative estimate of drug-likeness (QED) is 0.632. The molecule has 0 atom stereocenters. The molecule has 66 valence electrons. The lowest BCUT2D eigenvalue weighted by Crippen LogP contribution is -2.22. The summed E-state index contributed by atoms with van der Waals surface area (Å²) in [4.78, 5) is 10.9. The molecular formula is C8H18NOP. The summed E-state index contributed by atoms with van der Waals surface area (Å²) >= 11 is 0. The highest BCUT2D eigenvalue weighted by Gasteiger charge is 1.99. The van der Waals surface area contributed by atoms with Crippen molar-refractivity contribution in [2.75, 3.05) is 26.0 Å². The second-order valence-corrected chi connectivity index (χ2v) is 5.47. The number of carbonyl (C=O) groups is 1. The van der Waals surface area contributed by atoms with Crippen LogP contribution in [0.1, 0.15) is 19.8 Å². The molecule has 0 heterocycles. The van der Waals surface area contributed by atoms with Crippen LogP contribution in [-0.4, -0.2) is 31.9 Å². The first kappa shape index (κ1) is 10.9. The molecule has 1 amide bonds. The minimum atomic E-state index is 0.180. The van der Waals surface area contributed by atoms with Gasteiger partial charge in [0.15, 0.2) is 0 Å². The Morgan fingerprint density at radius 2 is 2.09 bits per heavy atom. The van der Waals surface area contributed by atoms with Crippen LogP contribution in [0.5, 0.6) is 0 Å². The van der Waals surface area contributed by atoms with E-state index >= 15 is 0 Å². The van der Waals surface area contributed by atoms with Gasteiger partial charge >= 0.3 is 0 Å². The van der Waals surface area contributed by atoms with Gasteiger partial charge in [0.25, 0.3) is 0 Å². The van der Waals surface area contributed by atoms with Crippen LogP contribution in [0, 0.1) is 0 Å². The van der Waals surface area contributed by atoms with Crippen molar-refractivity contribution in [3.05, 3.63) is 0 Å². The van der Waals surface area contributed by atoms with E-state index in [1.165, 1.54) is 6.16 Å². The van der Waals surface area contributed by atoms with E-state index in [2.05, 4.69) is 18.6 Å². The molecular weight excluding hydrogens is 157 g/mol. The summed E-state index contributed by atoms with van der Waals surface area (Å²) in [7, 11) is 0.180. The first-order valence-electron chi connectivity index (χ1n) is 4.08. The highest BCUT2D eigenvalue weighted by atomic mass is 31.1. The minimum Gasteiger partial charge on any atom is -0.356 e. The Labute approximate surface area is 70.5 Å². The normalized spacial score (nSPS) is 10.2. The molecule has 0 radical (unpaired) electrons. The standard InChI is InChI=1S/C8H18NOP/c1-4-9-8(10)6-5-7-11(2)3/h4-7H2,1-3H3,(H,9,10). The highest BCUT2D eigenvalue weighted by Crippen LogP contribution is 2.25. The van der Waals surface area contributed by atoms with Crippen LogP contribution in [0.15, 0.2) is 0 Å². The van der Waals surface area contributed by atoms with E-state index in [1.807, 2.05) is 6.92 Å². The van der Waals surface area contributed by atoms with Crippen molar-refractivity contribution in [1.29, 1.82) is 0 Å². The van der Waals surface area contributed by atoms with Crippen LogP contribution < -0.4 is 5.32 Å². The number of rotatable bonds is 5. The minimum absolute atomic E-state index is 0.180. The molecule has 0 rings (SSSR count). The summed E-state index contributed by atoms with van der Waals surface area (Å²) in [6.07, 6.45) is 2.96.